The van der Waals surface area contributed by atoms with E-state index in [0.717, 1.165) is 5.69 Å². The van der Waals surface area contributed by atoms with Crippen LogP contribution in [-0.4, -0.2) is 57.6 Å². The lowest BCUT2D eigenvalue weighted by atomic mass is 10.2. The molecule has 0 bridgehead atoms. The summed E-state index contributed by atoms with van der Waals surface area (Å²) >= 11 is 0. The van der Waals surface area contributed by atoms with Crippen LogP contribution in [0.3, 0.4) is 0 Å². The van der Waals surface area contributed by atoms with E-state index in [1.807, 2.05) is 0 Å². The highest BCUT2D eigenvalue weighted by molar-refractivity contribution is 5.82. The summed E-state index contributed by atoms with van der Waals surface area (Å²) < 4.78 is 6.72. The number of carbonyl (C=O) groups is 2. The number of aromatic nitrogens is 2. The molecule has 2 heterocycles. The number of hydrogen-bond donors (Lipinski definition) is 2. The number of aryl methyl sites for hydroxylation is 1. The third-order valence-corrected chi connectivity index (χ3v) is 3.02. The molecule has 1 aliphatic rings. The van der Waals surface area contributed by atoms with Crippen LogP contribution >= 0.6 is 0 Å². The van der Waals surface area contributed by atoms with Crippen LogP contribution < -0.4 is 5.32 Å². The number of carboxylic acids is 1. The monoisotopic (exact) mass is 268 g/mol. The molecule has 19 heavy (non-hydrogen) atoms. The van der Waals surface area contributed by atoms with Crippen molar-refractivity contribution in [2.24, 2.45) is 7.05 Å². The first kappa shape index (κ1) is 13.3. The Morgan fingerprint density at radius 3 is 3.05 bits per heavy atom. The maximum absolute atomic E-state index is 12.0. The molecule has 0 aliphatic carbocycles. The zero-order chi connectivity index (χ0) is 13.8. The first-order valence-electron chi connectivity index (χ1n) is 5.91. The van der Waals surface area contributed by atoms with E-state index < -0.39 is 18.0 Å². The van der Waals surface area contributed by atoms with Crippen molar-refractivity contribution < 1.29 is 19.4 Å². The number of ether oxygens (including phenoxy) is 1. The molecule has 2 rings (SSSR count). The summed E-state index contributed by atoms with van der Waals surface area (Å²) in [6.45, 7) is 0.949. The van der Waals surface area contributed by atoms with Crippen molar-refractivity contribution in [1.82, 2.24) is 20.0 Å². The lowest BCUT2D eigenvalue weighted by Crippen LogP contribution is -2.55. The molecule has 104 valence electrons. The molecular formula is C11H16N4O4. The third kappa shape index (κ3) is 3.02. The molecule has 2 amide bonds. The van der Waals surface area contributed by atoms with E-state index in [1.54, 1.807) is 24.0 Å². The number of rotatable bonds is 3. The standard InChI is InChI=1S/C11H16N4O4/c1-14-8(2-3-13-14)6-12-11(18)15-4-5-19-7-9(15)10(16)17/h2-3,9H,4-7H2,1H3,(H,12,18)(H,16,17). The topological polar surface area (TPSA) is 96.7 Å². The normalized spacial score (nSPS) is 19.2. The molecule has 1 unspecified atom stereocenters. The Morgan fingerprint density at radius 2 is 2.42 bits per heavy atom. The predicted molar refractivity (Wildman–Crippen MR) is 64.4 cm³/mol. The highest BCUT2D eigenvalue weighted by Gasteiger charge is 2.32. The van der Waals surface area contributed by atoms with Gasteiger partial charge in [-0.15, -0.1) is 0 Å². The number of morpholine rings is 1. The zero-order valence-electron chi connectivity index (χ0n) is 10.6. The van der Waals surface area contributed by atoms with Gasteiger partial charge in [0.05, 0.1) is 25.5 Å². The van der Waals surface area contributed by atoms with Gasteiger partial charge in [-0.2, -0.15) is 5.10 Å². The second kappa shape index (κ2) is 5.70. The summed E-state index contributed by atoms with van der Waals surface area (Å²) in [6, 6.07) is 0.450. The first-order chi connectivity index (χ1) is 9.09. The fourth-order valence-electron chi connectivity index (χ4n) is 1.89. The van der Waals surface area contributed by atoms with Crippen molar-refractivity contribution in [2.75, 3.05) is 19.8 Å². The van der Waals surface area contributed by atoms with Gasteiger partial charge in [-0.1, -0.05) is 0 Å². The van der Waals surface area contributed by atoms with Gasteiger partial charge in [0, 0.05) is 19.8 Å². The lowest BCUT2D eigenvalue weighted by molar-refractivity contribution is -0.147. The van der Waals surface area contributed by atoms with Crippen LogP contribution in [0.25, 0.3) is 0 Å². The minimum absolute atomic E-state index is 0.0223. The van der Waals surface area contributed by atoms with Crippen LogP contribution in [0.5, 0.6) is 0 Å². The van der Waals surface area contributed by atoms with Crippen molar-refractivity contribution in [1.29, 1.82) is 0 Å². The number of nitrogens with zero attached hydrogens (tertiary/aromatic N) is 3. The average molecular weight is 268 g/mol. The number of hydrogen-bond acceptors (Lipinski definition) is 4. The SMILES string of the molecule is Cn1nccc1CNC(=O)N1CCOCC1C(=O)O. The molecule has 8 heteroatoms. The van der Waals surface area contributed by atoms with Gasteiger partial charge in [0.25, 0.3) is 0 Å². The number of carboxylic acid groups (broad SMARTS) is 1. The largest absolute Gasteiger partial charge is 0.480 e. The number of urea groups is 1. The van der Waals surface area contributed by atoms with Gasteiger partial charge >= 0.3 is 12.0 Å². The Hall–Kier alpha value is -2.09. The van der Waals surface area contributed by atoms with Gasteiger partial charge in [0.15, 0.2) is 6.04 Å². The van der Waals surface area contributed by atoms with E-state index in [4.69, 9.17) is 9.84 Å². The summed E-state index contributed by atoms with van der Waals surface area (Å²) in [4.78, 5) is 24.3. The molecule has 1 aromatic heterocycles. The molecule has 1 aromatic rings. The first-order valence-corrected chi connectivity index (χ1v) is 5.91. The number of amides is 2. The smallest absolute Gasteiger partial charge is 0.328 e. The fraction of sp³-hybridized carbons (Fsp3) is 0.545. The Morgan fingerprint density at radius 1 is 1.63 bits per heavy atom. The van der Waals surface area contributed by atoms with Gasteiger partial charge in [0.1, 0.15) is 0 Å². The van der Waals surface area contributed by atoms with Crippen LogP contribution in [0, 0.1) is 0 Å². The minimum atomic E-state index is -1.06. The summed E-state index contributed by atoms with van der Waals surface area (Å²) in [6.07, 6.45) is 1.64. The van der Waals surface area contributed by atoms with Crippen LogP contribution in [-0.2, 0) is 23.1 Å². The number of aliphatic carboxylic acids is 1. The van der Waals surface area contributed by atoms with Crippen LogP contribution in [0.4, 0.5) is 4.79 Å². The van der Waals surface area contributed by atoms with Crippen molar-refractivity contribution in [3.8, 4) is 0 Å². The Bertz CT molecular complexity index is 473. The Balaban J connectivity index is 1.94. The molecule has 0 aromatic carbocycles. The van der Waals surface area contributed by atoms with E-state index >= 15 is 0 Å². The fourth-order valence-corrected chi connectivity index (χ4v) is 1.89. The van der Waals surface area contributed by atoms with Crippen molar-refractivity contribution in [3.63, 3.8) is 0 Å². The molecule has 1 fully saturated rings. The maximum atomic E-state index is 12.0. The molecule has 1 aliphatic heterocycles. The summed E-state index contributed by atoms with van der Waals surface area (Å²) in [7, 11) is 1.77. The van der Waals surface area contributed by atoms with E-state index in [9.17, 15) is 9.59 Å². The molecule has 0 radical (unpaired) electrons. The van der Waals surface area contributed by atoms with Crippen LogP contribution in [0.15, 0.2) is 12.3 Å². The second-order valence-corrected chi connectivity index (χ2v) is 4.23. The highest BCUT2D eigenvalue weighted by Crippen LogP contribution is 2.08. The van der Waals surface area contributed by atoms with Gasteiger partial charge in [-0.25, -0.2) is 9.59 Å². The van der Waals surface area contributed by atoms with E-state index in [0.29, 0.717) is 13.2 Å². The molecule has 2 N–H and O–H groups in total. The molecule has 8 nitrogen and oxygen atoms in total. The summed E-state index contributed by atoms with van der Waals surface area (Å²) in [5.41, 5.74) is 0.841. The maximum Gasteiger partial charge on any atom is 0.328 e. The zero-order valence-corrected chi connectivity index (χ0v) is 10.6. The predicted octanol–water partition coefficient (Wildman–Crippen LogP) is -0.585. The molecule has 0 spiro atoms. The number of carbonyl (C=O) groups excluding carboxylic acids is 1. The van der Waals surface area contributed by atoms with Gasteiger partial charge in [0.2, 0.25) is 0 Å². The molecule has 1 saturated heterocycles. The van der Waals surface area contributed by atoms with Crippen LogP contribution in [0.2, 0.25) is 0 Å². The van der Waals surface area contributed by atoms with Crippen LogP contribution in [0.1, 0.15) is 5.69 Å². The van der Waals surface area contributed by atoms with Crippen molar-refractivity contribution >= 4 is 12.0 Å². The van der Waals surface area contributed by atoms with Gasteiger partial charge in [-0.3, -0.25) is 4.68 Å². The van der Waals surface area contributed by atoms with Gasteiger partial charge < -0.3 is 20.1 Å². The Kier molecular flexibility index (Phi) is 4.00. The Labute approximate surface area is 109 Å². The highest BCUT2D eigenvalue weighted by atomic mass is 16.5. The molecular weight excluding hydrogens is 252 g/mol. The minimum Gasteiger partial charge on any atom is -0.480 e. The van der Waals surface area contributed by atoms with E-state index in [-0.39, 0.29) is 13.2 Å². The van der Waals surface area contributed by atoms with Gasteiger partial charge in [-0.05, 0) is 6.07 Å². The summed E-state index contributed by atoms with van der Waals surface area (Å²) in [5.74, 6) is -1.06. The molecule has 1 atom stereocenters. The number of nitrogens with one attached hydrogen (secondary N) is 1. The van der Waals surface area contributed by atoms with Crippen molar-refractivity contribution in [3.05, 3.63) is 18.0 Å². The van der Waals surface area contributed by atoms with E-state index in [1.165, 1.54) is 4.90 Å². The average Bonchev–Trinajstić information content (AvgIpc) is 2.81. The molecule has 0 saturated carbocycles. The summed E-state index contributed by atoms with van der Waals surface area (Å²) in [5, 5.41) is 15.7. The van der Waals surface area contributed by atoms with E-state index in [2.05, 4.69) is 10.4 Å². The van der Waals surface area contributed by atoms with Crippen molar-refractivity contribution in [2.45, 2.75) is 12.6 Å². The quantitative estimate of drug-likeness (QED) is 0.764. The lowest BCUT2D eigenvalue weighted by Gasteiger charge is -2.32. The second-order valence-electron chi connectivity index (χ2n) is 4.23. The third-order valence-electron chi connectivity index (χ3n) is 3.02.